The van der Waals surface area contributed by atoms with Crippen LogP contribution < -0.4 is 10.5 Å². The Morgan fingerprint density at radius 2 is 2.11 bits per heavy atom. The van der Waals surface area contributed by atoms with Crippen LogP contribution in [0.15, 0.2) is 12.1 Å². The minimum absolute atomic E-state index is 0.0963. The third-order valence-electron chi connectivity index (χ3n) is 4.48. The molecule has 1 saturated carbocycles. The highest BCUT2D eigenvalue weighted by molar-refractivity contribution is 6.30. The summed E-state index contributed by atoms with van der Waals surface area (Å²) in [5, 5.41) is 0.821. The molecule has 2 N–H and O–H groups in total. The fourth-order valence-electron chi connectivity index (χ4n) is 3.52. The van der Waals surface area contributed by atoms with Gasteiger partial charge in [-0.2, -0.15) is 0 Å². The van der Waals surface area contributed by atoms with Gasteiger partial charge >= 0.3 is 0 Å². The van der Waals surface area contributed by atoms with Crippen LogP contribution in [0.3, 0.4) is 0 Å². The summed E-state index contributed by atoms with van der Waals surface area (Å²) < 4.78 is 6.02. The van der Waals surface area contributed by atoms with Crippen molar-refractivity contribution in [2.75, 3.05) is 6.54 Å². The highest BCUT2D eigenvalue weighted by Gasteiger charge is 2.39. The van der Waals surface area contributed by atoms with Gasteiger partial charge in [-0.15, -0.1) is 0 Å². The van der Waals surface area contributed by atoms with Crippen LogP contribution >= 0.6 is 11.6 Å². The van der Waals surface area contributed by atoms with Crippen molar-refractivity contribution in [1.29, 1.82) is 0 Å². The average Bonchev–Trinajstić information content (AvgIpc) is 2.94. The molecule has 3 heteroatoms. The van der Waals surface area contributed by atoms with Crippen LogP contribution in [0.1, 0.15) is 43.7 Å². The highest BCUT2D eigenvalue weighted by Crippen LogP contribution is 2.48. The van der Waals surface area contributed by atoms with E-state index in [1.165, 1.54) is 24.0 Å². The van der Waals surface area contributed by atoms with E-state index >= 15 is 0 Å². The van der Waals surface area contributed by atoms with E-state index < -0.39 is 0 Å². The topological polar surface area (TPSA) is 35.2 Å². The predicted molar refractivity (Wildman–Crippen MR) is 74.4 cm³/mol. The number of rotatable bonds is 2. The monoisotopic (exact) mass is 265 g/mol. The summed E-state index contributed by atoms with van der Waals surface area (Å²) >= 11 is 6.28. The second-order valence-corrected chi connectivity index (χ2v) is 6.20. The van der Waals surface area contributed by atoms with Gasteiger partial charge in [0.1, 0.15) is 11.9 Å². The first-order chi connectivity index (χ1) is 8.64. The van der Waals surface area contributed by atoms with Crippen LogP contribution in [0, 0.1) is 0 Å². The third kappa shape index (κ3) is 1.83. The molecule has 0 bridgehead atoms. The SMILES string of the molecule is CC1Cc2cc(Cl)cc(C3(CN)CCCC3)c2O1. The molecule has 0 saturated heterocycles. The lowest BCUT2D eigenvalue weighted by Gasteiger charge is -2.30. The fraction of sp³-hybridized carbons (Fsp3) is 0.600. The summed E-state index contributed by atoms with van der Waals surface area (Å²) in [6.07, 6.45) is 6.06. The Kier molecular flexibility index (Phi) is 3.03. The molecule has 0 amide bonds. The first kappa shape index (κ1) is 12.3. The molecule has 3 rings (SSSR count). The maximum atomic E-state index is 6.28. The highest BCUT2D eigenvalue weighted by atomic mass is 35.5. The first-order valence-electron chi connectivity index (χ1n) is 6.84. The van der Waals surface area contributed by atoms with Gasteiger partial charge in [0.2, 0.25) is 0 Å². The van der Waals surface area contributed by atoms with Gasteiger partial charge in [-0.1, -0.05) is 24.4 Å². The van der Waals surface area contributed by atoms with Crippen molar-refractivity contribution in [2.24, 2.45) is 5.73 Å². The average molecular weight is 266 g/mol. The van der Waals surface area contributed by atoms with Gasteiger partial charge in [-0.3, -0.25) is 0 Å². The summed E-state index contributed by atoms with van der Waals surface area (Å²) in [6.45, 7) is 2.80. The molecule has 2 aliphatic rings. The fourth-order valence-corrected chi connectivity index (χ4v) is 3.76. The molecule has 1 aliphatic heterocycles. The predicted octanol–water partition coefficient (Wildman–Crippen LogP) is 3.43. The Bertz CT molecular complexity index is 466. The van der Waals surface area contributed by atoms with E-state index in [0.29, 0.717) is 6.54 Å². The summed E-state index contributed by atoms with van der Waals surface area (Å²) in [5.41, 5.74) is 8.69. The quantitative estimate of drug-likeness (QED) is 0.889. The summed E-state index contributed by atoms with van der Waals surface area (Å²) in [5.74, 6) is 1.07. The molecular weight excluding hydrogens is 246 g/mol. The van der Waals surface area contributed by atoms with Crippen molar-refractivity contribution in [3.63, 3.8) is 0 Å². The van der Waals surface area contributed by atoms with E-state index in [4.69, 9.17) is 22.1 Å². The number of halogens is 1. The Morgan fingerprint density at radius 1 is 1.39 bits per heavy atom. The molecule has 18 heavy (non-hydrogen) atoms. The molecule has 1 aromatic rings. The summed E-state index contributed by atoms with van der Waals surface area (Å²) in [6, 6.07) is 4.12. The molecule has 0 aromatic heterocycles. The van der Waals surface area contributed by atoms with Crippen LogP contribution in [-0.4, -0.2) is 12.6 Å². The normalized spacial score (nSPS) is 24.9. The second kappa shape index (κ2) is 4.43. The molecule has 1 atom stereocenters. The molecule has 1 aliphatic carbocycles. The Morgan fingerprint density at radius 3 is 2.78 bits per heavy atom. The van der Waals surface area contributed by atoms with Crippen molar-refractivity contribution >= 4 is 11.6 Å². The van der Waals surface area contributed by atoms with Crippen LogP contribution in [0.25, 0.3) is 0 Å². The first-order valence-corrected chi connectivity index (χ1v) is 7.22. The van der Waals surface area contributed by atoms with E-state index in [-0.39, 0.29) is 11.5 Å². The van der Waals surface area contributed by atoms with Gasteiger partial charge in [0, 0.05) is 29.0 Å². The van der Waals surface area contributed by atoms with Gasteiger partial charge in [-0.25, -0.2) is 0 Å². The zero-order valence-electron chi connectivity index (χ0n) is 10.8. The molecule has 98 valence electrons. The molecule has 0 spiro atoms. The van der Waals surface area contributed by atoms with Crippen molar-refractivity contribution in [2.45, 2.75) is 50.5 Å². The van der Waals surface area contributed by atoms with E-state index in [1.54, 1.807) is 0 Å². The molecule has 1 heterocycles. The third-order valence-corrected chi connectivity index (χ3v) is 4.70. The number of benzene rings is 1. The number of ether oxygens (including phenoxy) is 1. The Balaban J connectivity index is 2.12. The van der Waals surface area contributed by atoms with Crippen molar-refractivity contribution < 1.29 is 4.74 Å². The number of nitrogens with two attached hydrogens (primary N) is 1. The van der Waals surface area contributed by atoms with Crippen LogP contribution in [0.2, 0.25) is 5.02 Å². The minimum atomic E-state index is 0.0963. The maximum Gasteiger partial charge on any atom is 0.126 e. The number of hydrogen-bond donors (Lipinski definition) is 1. The minimum Gasteiger partial charge on any atom is -0.490 e. The van der Waals surface area contributed by atoms with Crippen LogP contribution in [0.5, 0.6) is 5.75 Å². The molecular formula is C15H20ClNO. The molecule has 2 nitrogen and oxygen atoms in total. The largest absolute Gasteiger partial charge is 0.490 e. The number of fused-ring (bicyclic) bond motifs is 1. The lowest BCUT2D eigenvalue weighted by molar-refractivity contribution is 0.247. The second-order valence-electron chi connectivity index (χ2n) is 5.77. The van der Waals surface area contributed by atoms with E-state index in [2.05, 4.69) is 13.0 Å². The van der Waals surface area contributed by atoms with Crippen LogP contribution in [0.4, 0.5) is 0 Å². The van der Waals surface area contributed by atoms with Gasteiger partial charge in [-0.05, 0) is 37.5 Å². The maximum absolute atomic E-state index is 6.28. The van der Waals surface area contributed by atoms with E-state index in [0.717, 1.165) is 30.0 Å². The lowest BCUT2D eigenvalue weighted by atomic mass is 9.78. The lowest BCUT2D eigenvalue weighted by Crippen LogP contribution is -2.32. The smallest absolute Gasteiger partial charge is 0.126 e. The summed E-state index contributed by atoms with van der Waals surface area (Å²) in [7, 11) is 0. The molecule has 0 radical (unpaired) electrons. The van der Waals surface area contributed by atoms with Crippen molar-refractivity contribution in [3.05, 3.63) is 28.3 Å². The summed E-state index contributed by atoms with van der Waals surface area (Å²) in [4.78, 5) is 0. The van der Waals surface area contributed by atoms with Gasteiger partial charge in [0.05, 0.1) is 0 Å². The van der Waals surface area contributed by atoms with Crippen molar-refractivity contribution in [1.82, 2.24) is 0 Å². The number of hydrogen-bond acceptors (Lipinski definition) is 2. The van der Waals surface area contributed by atoms with Gasteiger partial charge in [0.15, 0.2) is 0 Å². The van der Waals surface area contributed by atoms with E-state index in [1.807, 2.05) is 6.07 Å². The molecule has 1 fully saturated rings. The zero-order chi connectivity index (χ0) is 12.8. The van der Waals surface area contributed by atoms with Crippen LogP contribution in [-0.2, 0) is 11.8 Å². The zero-order valence-corrected chi connectivity index (χ0v) is 11.6. The van der Waals surface area contributed by atoms with E-state index in [9.17, 15) is 0 Å². The standard InChI is InChI=1S/C15H20ClNO/c1-10-6-11-7-12(16)8-13(14(11)18-10)15(9-17)4-2-3-5-15/h7-8,10H,2-6,9,17H2,1H3. The molecule has 1 aromatic carbocycles. The van der Waals surface area contributed by atoms with Gasteiger partial charge in [0.25, 0.3) is 0 Å². The Labute approximate surface area is 113 Å². The molecule has 1 unspecified atom stereocenters. The van der Waals surface area contributed by atoms with Gasteiger partial charge < -0.3 is 10.5 Å². The Hall–Kier alpha value is -0.730. The van der Waals surface area contributed by atoms with Crippen molar-refractivity contribution in [3.8, 4) is 5.75 Å².